The van der Waals surface area contributed by atoms with Gasteiger partial charge in [0.2, 0.25) is 5.82 Å². The van der Waals surface area contributed by atoms with Crippen LogP contribution in [0.5, 0.6) is 5.75 Å². The van der Waals surface area contributed by atoms with Gasteiger partial charge in [-0.1, -0.05) is 51.7 Å². The molecule has 0 heterocycles. The summed E-state index contributed by atoms with van der Waals surface area (Å²) in [6, 6.07) is 3.07. The van der Waals surface area contributed by atoms with Gasteiger partial charge in [-0.2, -0.15) is 4.39 Å². The van der Waals surface area contributed by atoms with Crippen LogP contribution >= 0.6 is 0 Å². The van der Waals surface area contributed by atoms with Crippen molar-refractivity contribution in [2.24, 2.45) is 5.41 Å². The molecule has 0 spiro atoms. The maximum Gasteiger partial charge on any atom is 0.335 e. The zero-order valence-electron chi connectivity index (χ0n) is 17.9. The van der Waals surface area contributed by atoms with E-state index in [2.05, 4.69) is 6.92 Å². The number of allylic oxidation sites excluding steroid dienone is 1. The van der Waals surface area contributed by atoms with Crippen LogP contribution in [0.2, 0.25) is 0 Å². The molecule has 160 valence electrons. The summed E-state index contributed by atoms with van der Waals surface area (Å²) in [4.78, 5) is 11.8. The summed E-state index contributed by atoms with van der Waals surface area (Å²) in [7, 11) is 0. The van der Waals surface area contributed by atoms with Crippen LogP contribution in [0, 0.1) is 17.0 Å². The number of hydrogen-bond acceptors (Lipinski definition) is 2. The van der Waals surface area contributed by atoms with Gasteiger partial charge in [-0.05, 0) is 73.8 Å². The molecule has 3 aliphatic carbocycles. The molecule has 3 fully saturated rings. The number of unbranched alkanes of at least 4 members (excludes halogenated alkanes) is 3. The molecule has 2 bridgehead atoms. The number of carbonyl (C=O) groups excluding carboxylic acids is 1. The lowest BCUT2D eigenvalue weighted by atomic mass is 9.51. The van der Waals surface area contributed by atoms with Gasteiger partial charge in [0.15, 0.2) is 11.6 Å². The van der Waals surface area contributed by atoms with Crippen LogP contribution < -0.4 is 4.74 Å². The van der Waals surface area contributed by atoms with Crippen molar-refractivity contribution in [1.82, 2.24) is 0 Å². The highest BCUT2D eigenvalue weighted by molar-refractivity contribution is 5.84. The van der Waals surface area contributed by atoms with Crippen molar-refractivity contribution in [1.29, 1.82) is 0 Å². The van der Waals surface area contributed by atoms with Gasteiger partial charge in [-0.3, -0.25) is 0 Å². The Hall–Kier alpha value is -1.71. The topological polar surface area (TPSA) is 26.3 Å². The molecule has 3 aliphatic rings. The Morgan fingerprint density at radius 1 is 1.00 bits per heavy atom. The second-order valence-corrected chi connectivity index (χ2v) is 9.09. The first-order chi connectivity index (χ1) is 14.0. The van der Waals surface area contributed by atoms with E-state index in [0.29, 0.717) is 11.0 Å². The number of ether oxygens (including phenoxy) is 1. The molecule has 0 unspecified atom stereocenters. The van der Waals surface area contributed by atoms with Gasteiger partial charge >= 0.3 is 5.97 Å². The fraction of sp³-hybridized carbons (Fsp3) is 0.640. The highest BCUT2D eigenvalue weighted by atomic mass is 19.2. The molecule has 4 rings (SSSR count). The molecule has 1 aromatic rings. The third-order valence-corrected chi connectivity index (χ3v) is 7.25. The molecule has 0 radical (unpaired) electrons. The molecule has 0 aromatic heterocycles. The molecule has 3 saturated carbocycles. The second-order valence-electron chi connectivity index (χ2n) is 9.09. The van der Waals surface area contributed by atoms with E-state index in [1.54, 1.807) is 12.1 Å². The molecule has 0 amide bonds. The van der Waals surface area contributed by atoms with Gasteiger partial charge in [-0.15, -0.1) is 0 Å². The Bertz CT molecular complexity index is 729. The molecule has 0 atom stereocenters. The molecular formula is C25H34F2O2. The first kappa shape index (κ1) is 22.0. The summed E-state index contributed by atoms with van der Waals surface area (Å²) < 4.78 is 34.7. The van der Waals surface area contributed by atoms with Crippen molar-refractivity contribution in [3.05, 3.63) is 41.5 Å². The van der Waals surface area contributed by atoms with E-state index in [-0.39, 0.29) is 11.2 Å². The van der Waals surface area contributed by atoms with Crippen molar-refractivity contribution >= 4 is 5.97 Å². The number of esters is 1. The first-order valence-corrected chi connectivity index (χ1v) is 11.3. The molecule has 0 N–H and O–H groups in total. The van der Waals surface area contributed by atoms with Crippen LogP contribution in [0.3, 0.4) is 0 Å². The second kappa shape index (κ2) is 9.40. The molecule has 0 saturated heterocycles. The van der Waals surface area contributed by atoms with Gasteiger partial charge in [0.25, 0.3) is 0 Å². The monoisotopic (exact) mass is 404 g/mol. The van der Waals surface area contributed by atoms with E-state index in [4.69, 9.17) is 4.74 Å². The summed E-state index contributed by atoms with van der Waals surface area (Å²) in [5.74, 6) is -2.88. The smallest absolute Gasteiger partial charge is 0.335 e. The van der Waals surface area contributed by atoms with Crippen LogP contribution in [-0.4, -0.2) is 5.97 Å². The SMILES string of the molecule is CCCC=CC(=O)Oc1ccc(C23CCC(CCCCC)(CC2)CC3)c(F)c1F. The number of rotatable bonds is 9. The van der Waals surface area contributed by atoms with E-state index in [9.17, 15) is 9.18 Å². The van der Waals surface area contributed by atoms with E-state index < -0.39 is 17.6 Å². The highest BCUT2D eigenvalue weighted by Gasteiger charge is 2.50. The zero-order chi connectivity index (χ0) is 20.9. The predicted octanol–water partition coefficient (Wildman–Crippen LogP) is 7.40. The maximum absolute atomic E-state index is 15.0. The molecule has 29 heavy (non-hydrogen) atoms. The quantitative estimate of drug-likeness (QED) is 0.185. The van der Waals surface area contributed by atoms with Crippen LogP contribution in [-0.2, 0) is 10.2 Å². The summed E-state index contributed by atoms with van der Waals surface area (Å²) in [6.45, 7) is 4.22. The minimum atomic E-state index is -1.04. The Labute approximate surface area is 173 Å². The number of hydrogen-bond donors (Lipinski definition) is 0. The fourth-order valence-corrected chi connectivity index (χ4v) is 5.30. The average Bonchev–Trinajstić information content (AvgIpc) is 2.73. The van der Waals surface area contributed by atoms with Gasteiger partial charge in [0.05, 0.1) is 0 Å². The lowest BCUT2D eigenvalue weighted by Crippen LogP contribution is -2.44. The van der Waals surface area contributed by atoms with E-state index >= 15 is 4.39 Å². The summed E-state index contributed by atoms with van der Waals surface area (Å²) in [5.41, 5.74) is 0.630. The third-order valence-electron chi connectivity index (χ3n) is 7.25. The normalized spacial score (nSPS) is 26.2. The summed E-state index contributed by atoms with van der Waals surface area (Å²) in [6.07, 6.45) is 15.8. The molecule has 2 nitrogen and oxygen atoms in total. The Kier molecular flexibility index (Phi) is 7.13. The van der Waals surface area contributed by atoms with Gasteiger partial charge in [0.1, 0.15) is 0 Å². The van der Waals surface area contributed by atoms with Crippen LogP contribution in [0.4, 0.5) is 8.78 Å². The number of benzene rings is 1. The van der Waals surface area contributed by atoms with E-state index in [1.165, 1.54) is 37.8 Å². The van der Waals surface area contributed by atoms with Gasteiger partial charge in [-0.25, -0.2) is 9.18 Å². The molecule has 4 heteroatoms. The fourth-order valence-electron chi connectivity index (χ4n) is 5.30. The lowest BCUT2D eigenvalue weighted by molar-refractivity contribution is -0.129. The van der Waals surface area contributed by atoms with Crippen LogP contribution in [0.25, 0.3) is 0 Å². The van der Waals surface area contributed by atoms with Crippen LogP contribution in [0.15, 0.2) is 24.3 Å². The third kappa shape index (κ3) is 4.73. The highest BCUT2D eigenvalue weighted by Crippen LogP contribution is 2.60. The molecule has 1 aromatic carbocycles. The number of halogens is 2. The van der Waals surface area contributed by atoms with Crippen molar-refractivity contribution in [2.75, 3.05) is 0 Å². The van der Waals surface area contributed by atoms with Gasteiger partial charge < -0.3 is 4.74 Å². The zero-order valence-corrected chi connectivity index (χ0v) is 17.9. The maximum atomic E-state index is 15.0. The van der Waals surface area contributed by atoms with Gasteiger partial charge in [0, 0.05) is 6.08 Å². The van der Waals surface area contributed by atoms with Crippen molar-refractivity contribution < 1.29 is 18.3 Å². The summed E-state index contributed by atoms with van der Waals surface area (Å²) >= 11 is 0. The first-order valence-electron chi connectivity index (χ1n) is 11.3. The molecular weight excluding hydrogens is 370 g/mol. The number of fused-ring (bicyclic) bond motifs is 3. The number of carbonyl (C=O) groups is 1. The Morgan fingerprint density at radius 2 is 1.69 bits per heavy atom. The van der Waals surface area contributed by atoms with Crippen molar-refractivity contribution in [2.45, 2.75) is 96.3 Å². The predicted molar refractivity (Wildman–Crippen MR) is 112 cm³/mol. The Morgan fingerprint density at radius 3 is 2.31 bits per heavy atom. The summed E-state index contributed by atoms with van der Waals surface area (Å²) in [5, 5.41) is 0. The lowest BCUT2D eigenvalue weighted by Gasteiger charge is -2.54. The molecule has 0 aliphatic heterocycles. The van der Waals surface area contributed by atoms with Crippen molar-refractivity contribution in [3.63, 3.8) is 0 Å². The Balaban J connectivity index is 1.71. The minimum absolute atomic E-state index is 0.263. The van der Waals surface area contributed by atoms with Crippen molar-refractivity contribution in [3.8, 4) is 5.75 Å². The standard InChI is InChI=1S/C25H34F2O2/c1-3-5-7-9-21(28)29-20-11-10-19(22(26)23(20)27)25-16-13-24(14-17-25,15-18-25)12-8-6-4-2/h7,9-11H,3-6,8,12-18H2,1-2H3. The van der Waals surface area contributed by atoms with E-state index in [1.807, 2.05) is 6.92 Å². The van der Waals surface area contributed by atoms with E-state index in [0.717, 1.165) is 51.4 Å². The average molecular weight is 405 g/mol. The van der Waals surface area contributed by atoms with Crippen LogP contribution in [0.1, 0.15) is 96.5 Å². The largest absolute Gasteiger partial charge is 0.420 e. The minimum Gasteiger partial charge on any atom is -0.420 e.